The first-order valence-electron chi connectivity index (χ1n) is 21.4. The minimum Gasteiger partial charge on any atom is -0.460 e. The number of nitrogens with one attached hydrogen (secondary N) is 6. The van der Waals surface area contributed by atoms with E-state index >= 15 is 0 Å². The number of rotatable bonds is 11. The van der Waals surface area contributed by atoms with E-state index in [0.717, 1.165) is 0 Å². The maximum Gasteiger partial charge on any atom is 0.400 e. The highest BCUT2D eigenvalue weighted by Crippen LogP contribution is 2.59. The molecule has 6 fully saturated rings. The number of ether oxygens (including phenoxy) is 1. The normalized spacial score (nSPS) is 26.1. The highest BCUT2D eigenvalue weighted by molar-refractivity contribution is 7.49. The lowest BCUT2D eigenvalue weighted by atomic mass is 9.82. The van der Waals surface area contributed by atoms with Gasteiger partial charge in [0.05, 0.1) is 6.54 Å². The predicted molar refractivity (Wildman–Crippen MR) is 230 cm³/mol. The Labute approximate surface area is 352 Å². The van der Waals surface area contributed by atoms with Crippen LogP contribution in [0.25, 0.3) is 0 Å². The van der Waals surface area contributed by atoms with Crippen molar-refractivity contribution in [3.05, 3.63) is 24.3 Å². The molecule has 0 radical (unpaired) electrons. The lowest BCUT2D eigenvalue weighted by Crippen LogP contribution is -2.39. The zero-order valence-corrected chi connectivity index (χ0v) is 38.1. The van der Waals surface area contributed by atoms with Crippen LogP contribution in [-0.2, 0) is 23.5 Å². The van der Waals surface area contributed by atoms with Gasteiger partial charge in [0, 0.05) is 37.3 Å². The molecule has 8 unspecified atom stereocenters. The van der Waals surface area contributed by atoms with Gasteiger partial charge < -0.3 is 40.3 Å². The maximum atomic E-state index is 10.9. The second kappa shape index (κ2) is 28.1. The minimum absolute atomic E-state index is 0.156. The Bertz CT molecular complexity index is 1350. The Morgan fingerprint density at radius 3 is 1.24 bits per heavy atom. The van der Waals surface area contributed by atoms with Crippen molar-refractivity contribution >= 4 is 39.4 Å². The molecule has 6 aliphatic carbocycles. The number of hydrogen-bond acceptors (Lipinski definition) is 7. The molecule has 0 aromatic rings. The van der Waals surface area contributed by atoms with Crippen LogP contribution in [0.1, 0.15) is 119 Å². The maximum absolute atomic E-state index is 10.9. The zero-order valence-electron chi connectivity index (χ0n) is 36.3. The fraction of sp³-hybridized carbons (Fsp3) is 0.800. The topological polar surface area (TPSA) is 265 Å². The summed E-state index contributed by atoms with van der Waals surface area (Å²) in [4.78, 5) is 75.2. The van der Waals surface area contributed by atoms with Gasteiger partial charge in [-0.15, -0.1) is 0 Å². The van der Waals surface area contributed by atoms with Gasteiger partial charge in [0.15, 0.2) is 0 Å². The van der Waals surface area contributed by atoms with Crippen LogP contribution in [0.4, 0.5) is 9.59 Å². The molecular weight excluding hydrogens is 802 g/mol. The van der Waals surface area contributed by atoms with Crippen molar-refractivity contribution in [3.63, 3.8) is 0 Å². The van der Waals surface area contributed by atoms with E-state index in [2.05, 4.69) is 34.4 Å². The van der Waals surface area contributed by atoms with Crippen molar-refractivity contribution in [2.75, 3.05) is 39.3 Å². The summed E-state index contributed by atoms with van der Waals surface area (Å²) in [6.07, 6.45) is 19.1. The Kier molecular flexibility index (Phi) is 25.9. The van der Waals surface area contributed by atoms with E-state index in [0.29, 0.717) is 43.9 Å². The predicted octanol–water partition coefficient (Wildman–Crippen LogP) is 5.88. The summed E-state index contributed by atoms with van der Waals surface area (Å²) in [7, 11) is -7.83. The number of imide groups is 1. The van der Waals surface area contributed by atoms with Crippen molar-refractivity contribution < 1.29 is 52.6 Å². The standard InChI is InChI=1S/2C10H16.C9H16N2O3.C7H12N2O2.2C2H8NO3P/c2*1-2-9-7-4-5-8(6-7)10(9)3-1;1-4-10-9(13)11-5-6-14-8(12)7(2)3;1-4-8-7(11)9-6(10)5(2)3;2*1-2-3-7(4,5)6/h2*7-10H,1-6H2;2,4-6H2,1,3H3,(H2,10,11,13);2,4H2,1,3H3,(H2,8,9,10,11);2*2H2,1H3,(H3,3,4,5,6). The quantitative estimate of drug-likeness (QED) is 0.0504. The zero-order chi connectivity index (χ0) is 44.8. The van der Waals surface area contributed by atoms with Crippen molar-refractivity contribution in [1.29, 1.82) is 0 Å². The van der Waals surface area contributed by atoms with Crippen LogP contribution in [-0.4, -0.2) is 82.8 Å². The summed E-state index contributed by atoms with van der Waals surface area (Å²) in [5.41, 5.74) is 0.666. The molecule has 0 aromatic carbocycles. The highest BCUT2D eigenvalue weighted by Gasteiger charge is 2.49. The van der Waals surface area contributed by atoms with Gasteiger partial charge in [-0.1, -0.05) is 39.8 Å². The number of fused-ring (bicyclic) bond motifs is 10. The SMILES string of the molecule is C1CC2C3CCC(C3)C2C1.C1CC2C3CCC(C3)C2C1.C=C(C)C(=O)NC(=O)NCC.C=C(C)C(=O)OCCNC(=O)NCC.CCNP(=O)(O)O.CCNP(=O)(O)O. The van der Waals surface area contributed by atoms with Crippen molar-refractivity contribution in [3.8, 4) is 0 Å². The van der Waals surface area contributed by atoms with Gasteiger partial charge in [-0.3, -0.25) is 10.1 Å². The average Bonchev–Trinajstić information content (AvgIpc) is 3.99. The van der Waals surface area contributed by atoms with Crippen LogP contribution in [0.15, 0.2) is 24.3 Å². The van der Waals surface area contributed by atoms with Crippen LogP contribution < -0.4 is 31.4 Å². The Hall–Kier alpha value is -2.62. The third-order valence-electron chi connectivity index (χ3n) is 11.7. The van der Waals surface area contributed by atoms with Gasteiger partial charge in [0.1, 0.15) is 6.61 Å². The second-order valence-electron chi connectivity index (χ2n) is 16.1. The molecule has 0 spiro atoms. The van der Waals surface area contributed by atoms with E-state index in [1.807, 2.05) is 17.1 Å². The fourth-order valence-corrected chi connectivity index (χ4v) is 10.3. The number of esters is 1. The van der Waals surface area contributed by atoms with Crippen molar-refractivity contribution in [2.45, 2.75) is 119 Å². The minimum atomic E-state index is -3.92. The first-order valence-corrected chi connectivity index (χ1v) is 24.6. The van der Waals surface area contributed by atoms with Crippen LogP contribution >= 0.6 is 15.5 Å². The molecule has 0 saturated heterocycles. The molecule has 6 saturated carbocycles. The molecule has 8 atom stereocenters. The Balaban J connectivity index is 0.000000359. The average molecular weight is 879 g/mol. The van der Waals surface area contributed by atoms with Gasteiger partial charge in [0.2, 0.25) is 0 Å². The fourth-order valence-electron chi connectivity index (χ4n) is 9.52. The van der Waals surface area contributed by atoms with Crippen LogP contribution in [0.2, 0.25) is 0 Å². The molecular formula is C40H76N6O11P2. The molecule has 17 nitrogen and oxygen atoms in total. The molecule has 0 aromatic heterocycles. The highest BCUT2D eigenvalue weighted by atomic mass is 31.2. The van der Waals surface area contributed by atoms with E-state index < -0.39 is 33.4 Å². The Morgan fingerprint density at radius 1 is 0.576 bits per heavy atom. The summed E-state index contributed by atoms with van der Waals surface area (Å²) in [6, 6.07) is -0.751. The van der Waals surface area contributed by atoms with Gasteiger partial charge in [-0.25, -0.2) is 33.7 Å². The van der Waals surface area contributed by atoms with Gasteiger partial charge in [-0.05, 0) is 139 Å². The van der Waals surface area contributed by atoms with E-state index in [1.165, 1.54) is 54.3 Å². The van der Waals surface area contributed by atoms with E-state index in [9.17, 15) is 28.3 Å². The number of carbonyl (C=O) groups excluding carboxylic acids is 4. The molecule has 0 aliphatic heterocycles. The molecule has 4 bridgehead atoms. The largest absolute Gasteiger partial charge is 0.460 e. The lowest BCUT2D eigenvalue weighted by molar-refractivity contribution is -0.138. The second-order valence-corrected chi connectivity index (χ2v) is 18.9. The monoisotopic (exact) mass is 879 g/mol. The van der Waals surface area contributed by atoms with E-state index in [1.54, 1.807) is 105 Å². The molecule has 0 heterocycles. The molecule has 10 N–H and O–H groups in total. The van der Waals surface area contributed by atoms with Crippen molar-refractivity contribution in [1.82, 2.24) is 31.4 Å². The Morgan fingerprint density at radius 2 is 0.949 bits per heavy atom. The summed E-state index contributed by atoms with van der Waals surface area (Å²) < 4.78 is 24.4. The van der Waals surface area contributed by atoms with E-state index in [4.69, 9.17) is 24.3 Å². The summed E-state index contributed by atoms with van der Waals surface area (Å²) >= 11 is 0. The number of carbonyl (C=O) groups is 4. The van der Waals surface area contributed by atoms with Crippen LogP contribution in [0.3, 0.4) is 0 Å². The third-order valence-corrected chi connectivity index (χ3v) is 13.1. The lowest BCUT2D eigenvalue weighted by Gasteiger charge is -2.23. The summed E-state index contributed by atoms with van der Waals surface area (Å²) in [6.45, 7) is 18.8. The molecule has 342 valence electrons. The summed E-state index contributed by atoms with van der Waals surface area (Å²) in [5.74, 6) is 8.71. The van der Waals surface area contributed by atoms with Gasteiger partial charge >= 0.3 is 33.5 Å². The van der Waals surface area contributed by atoms with Gasteiger partial charge in [0.25, 0.3) is 5.91 Å². The molecule has 6 aliphatic rings. The summed E-state index contributed by atoms with van der Waals surface area (Å²) in [5, 5.41) is 13.5. The van der Waals surface area contributed by atoms with Crippen LogP contribution in [0, 0.1) is 47.3 Å². The number of hydrogen-bond donors (Lipinski definition) is 10. The third kappa shape index (κ3) is 22.2. The molecule has 59 heavy (non-hydrogen) atoms. The van der Waals surface area contributed by atoms with Crippen molar-refractivity contribution in [2.24, 2.45) is 47.3 Å². The first kappa shape index (κ1) is 54.4. The first-order chi connectivity index (χ1) is 27.7. The van der Waals surface area contributed by atoms with E-state index in [-0.39, 0.29) is 12.6 Å². The molecule has 6 rings (SSSR count). The number of urea groups is 2. The molecule has 5 amide bonds. The van der Waals surface area contributed by atoms with Gasteiger partial charge in [-0.2, -0.15) is 0 Å². The number of amides is 5. The molecule has 19 heteroatoms. The smallest absolute Gasteiger partial charge is 0.400 e. The van der Waals surface area contributed by atoms with Crippen LogP contribution in [0.5, 0.6) is 0 Å².